The zero-order valence-corrected chi connectivity index (χ0v) is 19.7. The number of hydrogen-bond acceptors (Lipinski definition) is 5. The van der Waals surface area contributed by atoms with E-state index in [1.54, 1.807) is 0 Å². The second-order valence-electron chi connectivity index (χ2n) is 8.68. The van der Waals surface area contributed by atoms with Crippen molar-refractivity contribution in [2.45, 2.75) is 31.9 Å². The highest BCUT2D eigenvalue weighted by atomic mass is 35.5. The van der Waals surface area contributed by atoms with Crippen LogP contribution in [0.3, 0.4) is 0 Å². The summed E-state index contributed by atoms with van der Waals surface area (Å²) in [4.78, 5) is 6.66. The minimum atomic E-state index is -0.215. The first-order chi connectivity index (χ1) is 14.7. The number of likely N-dealkylation sites (tertiary alicyclic amines) is 1. The molecule has 2 aliphatic heterocycles. The minimum Gasteiger partial charge on any atom is -0.392 e. The molecule has 4 heterocycles. The van der Waals surface area contributed by atoms with E-state index in [9.17, 15) is 5.11 Å². The van der Waals surface area contributed by atoms with Gasteiger partial charge in [0.15, 0.2) is 0 Å². The number of nitrogens with one attached hydrogen (secondary N) is 1. The van der Waals surface area contributed by atoms with E-state index in [-0.39, 0.29) is 36.3 Å². The maximum atomic E-state index is 10.8. The van der Waals surface area contributed by atoms with Crippen LogP contribution in [0.25, 0.3) is 16.9 Å². The maximum absolute atomic E-state index is 10.8. The molecule has 2 saturated heterocycles. The Morgan fingerprint density at radius 3 is 2.62 bits per heavy atom. The normalized spacial score (nSPS) is 23.3. The lowest BCUT2D eigenvalue weighted by atomic mass is 9.72. The fourth-order valence-electron chi connectivity index (χ4n) is 5.04. The Labute approximate surface area is 201 Å². The number of aliphatic hydroxyl groups excluding tert-OH is 1. The quantitative estimate of drug-likeness (QED) is 0.601. The summed E-state index contributed by atoms with van der Waals surface area (Å²) in [5.41, 5.74) is 4.33. The van der Waals surface area contributed by atoms with E-state index in [0.717, 1.165) is 68.9 Å². The molecule has 1 spiro atoms. The van der Waals surface area contributed by atoms with Gasteiger partial charge in [0.25, 0.3) is 0 Å². The standard InChI is InChI=1S/C24H29N5O.2ClH/c30-22-9-13-26-17-24(22)10-4-14-28(18-24)15-20-16-29(21-5-2-1-3-6-21)27-23(20)19-7-11-25-12-8-19;;/h1-3,5-8,11-12,16,22,26,30H,4,9-10,13-15,17-18H2;2*1H/t22-,24-;;/m0../s1. The molecule has 172 valence electrons. The summed E-state index contributed by atoms with van der Waals surface area (Å²) in [6.45, 7) is 4.64. The molecule has 0 amide bonds. The van der Waals surface area contributed by atoms with Gasteiger partial charge in [0.2, 0.25) is 0 Å². The second kappa shape index (κ2) is 10.8. The molecule has 0 bridgehead atoms. The lowest BCUT2D eigenvalue weighted by Gasteiger charge is -2.48. The van der Waals surface area contributed by atoms with E-state index in [1.807, 2.05) is 47.4 Å². The molecule has 0 aliphatic carbocycles. The molecular formula is C24H31Cl2N5O. The van der Waals surface area contributed by atoms with Crippen molar-refractivity contribution in [3.8, 4) is 16.9 Å². The Morgan fingerprint density at radius 2 is 1.88 bits per heavy atom. The van der Waals surface area contributed by atoms with Crippen molar-refractivity contribution in [2.75, 3.05) is 26.2 Å². The van der Waals surface area contributed by atoms with Crippen molar-refractivity contribution >= 4 is 24.8 Å². The average Bonchev–Trinajstić information content (AvgIpc) is 3.21. The Hall–Kier alpha value is -1.96. The summed E-state index contributed by atoms with van der Waals surface area (Å²) >= 11 is 0. The third kappa shape index (κ3) is 5.00. The van der Waals surface area contributed by atoms with Crippen LogP contribution >= 0.6 is 24.8 Å². The van der Waals surface area contributed by atoms with Gasteiger partial charge >= 0.3 is 0 Å². The first-order valence-electron chi connectivity index (χ1n) is 10.9. The van der Waals surface area contributed by atoms with Crippen LogP contribution < -0.4 is 5.32 Å². The summed E-state index contributed by atoms with van der Waals surface area (Å²) < 4.78 is 1.97. The summed E-state index contributed by atoms with van der Waals surface area (Å²) in [7, 11) is 0. The van der Waals surface area contributed by atoms with Gasteiger partial charge in [-0.05, 0) is 56.6 Å². The van der Waals surface area contributed by atoms with Gasteiger partial charge in [-0.1, -0.05) is 18.2 Å². The lowest BCUT2D eigenvalue weighted by Crippen LogP contribution is -2.57. The van der Waals surface area contributed by atoms with Crippen molar-refractivity contribution in [2.24, 2.45) is 5.41 Å². The number of para-hydroxylation sites is 1. The van der Waals surface area contributed by atoms with Crippen molar-refractivity contribution in [1.82, 2.24) is 25.0 Å². The SMILES string of the molecule is Cl.Cl.O[C@H]1CCNC[C@]12CCCN(Cc1cn(-c3ccccc3)nc1-c1ccncc1)C2. The van der Waals surface area contributed by atoms with E-state index in [0.29, 0.717) is 0 Å². The van der Waals surface area contributed by atoms with E-state index < -0.39 is 0 Å². The van der Waals surface area contributed by atoms with Gasteiger partial charge in [0.1, 0.15) is 0 Å². The number of aliphatic hydroxyl groups is 1. The molecule has 6 nitrogen and oxygen atoms in total. The number of halogens is 2. The monoisotopic (exact) mass is 475 g/mol. The van der Waals surface area contributed by atoms with Crippen LogP contribution in [-0.2, 0) is 6.54 Å². The highest BCUT2D eigenvalue weighted by molar-refractivity contribution is 5.85. The van der Waals surface area contributed by atoms with E-state index >= 15 is 0 Å². The molecule has 1 aromatic carbocycles. The zero-order valence-electron chi connectivity index (χ0n) is 18.1. The molecule has 3 aromatic rings. The molecule has 0 saturated carbocycles. The molecule has 2 atom stereocenters. The van der Waals surface area contributed by atoms with Crippen LogP contribution in [0.5, 0.6) is 0 Å². The van der Waals surface area contributed by atoms with Crippen LogP contribution in [0.15, 0.2) is 61.1 Å². The van der Waals surface area contributed by atoms with Crippen LogP contribution in [0.2, 0.25) is 0 Å². The molecular weight excluding hydrogens is 445 g/mol. The molecule has 32 heavy (non-hydrogen) atoms. The number of benzene rings is 1. The van der Waals surface area contributed by atoms with Gasteiger partial charge in [0.05, 0.1) is 17.5 Å². The Morgan fingerprint density at radius 1 is 1.09 bits per heavy atom. The number of aromatic nitrogens is 3. The number of nitrogens with zero attached hydrogens (tertiary/aromatic N) is 4. The predicted molar refractivity (Wildman–Crippen MR) is 132 cm³/mol. The summed E-state index contributed by atoms with van der Waals surface area (Å²) in [5, 5.41) is 19.2. The molecule has 5 rings (SSSR count). The van der Waals surface area contributed by atoms with Crippen LogP contribution in [0.1, 0.15) is 24.8 Å². The Balaban J connectivity index is 0.00000144. The van der Waals surface area contributed by atoms with Gasteiger partial charge in [-0.2, -0.15) is 5.10 Å². The van der Waals surface area contributed by atoms with Crippen molar-refractivity contribution < 1.29 is 5.11 Å². The first kappa shape index (κ1) is 24.7. The highest BCUT2D eigenvalue weighted by Gasteiger charge is 2.43. The second-order valence-corrected chi connectivity index (χ2v) is 8.68. The maximum Gasteiger partial charge on any atom is 0.0973 e. The number of pyridine rings is 1. The smallest absolute Gasteiger partial charge is 0.0973 e. The number of rotatable bonds is 4. The third-order valence-corrected chi connectivity index (χ3v) is 6.62. The topological polar surface area (TPSA) is 66.2 Å². The Bertz CT molecular complexity index is 981. The van der Waals surface area contributed by atoms with Crippen LogP contribution in [0, 0.1) is 5.41 Å². The van der Waals surface area contributed by atoms with E-state index in [2.05, 4.69) is 33.5 Å². The fraction of sp³-hybridized carbons (Fsp3) is 0.417. The summed E-state index contributed by atoms with van der Waals surface area (Å²) in [6, 6.07) is 14.3. The highest BCUT2D eigenvalue weighted by Crippen LogP contribution is 2.37. The molecule has 2 aliphatic rings. The van der Waals surface area contributed by atoms with Crippen LogP contribution in [-0.4, -0.2) is 57.1 Å². The molecule has 2 aromatic heterocycles. The summed E-state index contributed by atoms with van der Waals surface area (Å²) in [6.07, 6.45) is 8.65. The molecule has 2 N–H and O–H groups in total. The zero-order chi connectivity index (χ0) is 20.4. The average molecular weight is 476 g/mol. The van der Waals surface area contributed by atoms with Crippen molar-refractivity contribution in [3.63, 3.8) is 0 Å². The minimum absolute atomic E-state index is 0. The largest absolute Gasteiger partial charge is 0.392 e. The third-order valence-electron chi connectivity index (χ3n) is 6.62. The van der Waals surface area contributed by atoms with Gasteiger partial charge in [-0.25, -0.2) is 4.68 Å². The van der Waals surface area contributed by atoms with Gasteiger partial charge < -0.3 is 10.4 Å². The van der Waals surface area contributed by atoms with Crippen LogP contribution in [0.4, 0.5) is 0 Å². The number of hydrogen-bond donors (Lipinski definition) is 2. The van der Waals surface area contributed by atoms with Gasteiger partial charge in [0, 0.05) is 54.8 Å². The number of piperidine rings is 2. The Kier molecular flexibility index (Phi) is 8.31. The van der Waals surface area contributed by atoms with Crippen molar-refractivity contribution in [3.05, 3.63) is 66.6 Å². The molecule has 2 fully saturated rings. The van der Waals surface area contributed by atoms with E-state index in [4.69, 9.17) is 5.10 Å². The molecule has 8 heteroatoms. The lowest BCUT2D eigenvalue weighted by molar-refractivity contribution is -0.0514. The van der Waals surface area contributed by atoms with Gasteiger partial charge in [-0.3, -0.25) is 9.88 Å². The first-order valence-corrected chi connectivity index (χ1v) is 10.9. The predicted octanol–water partition coefficient (Wildman–Crippen LogP) is 3.71. The van der Waals surface area contributed by atoms with Crippen molar-refractivity contribution in [1.29, 1.82) is 0 Å². The van der Waals surface area contributed by atoms with E-state index in [1.165, 1.54) is 5.56 Å². The molecule has 0 unspecified atom stereocenters. The van der Waals surface area contributed by atoms with Gasteiger partial charge in [-0.15, -0.1) is 24.8 Å². The fourth-order valence-corrected chi connectivity index (χ4v) is 5.04. The molecule has 0 radical (unpaired) electrons. The summed E-state index contributed by atoms with van der Waals surface area (Å²) in [5.74, 6) is 0.